The van der Waals surface area contributed by atoms with Crippen LogP contribution in [0.3, 0.4) is 0 Å². The summed E-state index contributed by atoms with van der Waals surface area (Å²) in [7, 11) is -4.36. The van der Waals surface area contributed by atoms with E-state index in [0.717, 1.165) is 19.3 Å². The molecule has 2 fully saturated rings. The maximum Gasteiger partial charge on any atom is 0.295 e. The number of rotatable bonds is 2. The molecule has 0 saturated heterocycles. The Balaban J connectivity index is 2.25. The number of hydrogen-bond acceptors (Lipinski definition) is 3. The van der Waals surface area contributed by atoms with Gasteiger partial charge in [-0.1, -0.05) is 26.8 Å². The molecule has 0 amide bonds. The van der Waals surface area contributed by atoms with E-state index in [2.05, 4.69) is 20.8 Å². The molecule has 3 unspecified atom stereocenters. The molecule has 1 aromatic carbocycles. The molecule has 2 bridgehead atoms. The Morgan fingerprint density at radius 3 is 2.32 bits per heavy atom. The molecule has 0 aliphatic heterocycles. The molecule has 0 radical (unpaired) electrons. The van der Waals surface area contributed by atoms with Crippen LogP contribution in [0.25, 0.3) is 0 Å². The number of aryl methyl sites for hydroxylation is 1. The predicted octanol–water partition coefficient (Wildman–Crippen LogP) is 3.88. The average Bonchev–Trinajstić information content (AvgIpc) is 2.72. The standard InChI is InChI=1S/C17H24O4S/c1-10-5-6-13(18)14(15(10)22(19,20)21)12-9-11-7-8-17(12,4)16(11,2)3/h5-6,11-12,18H,7-9H2,1-4H3,(H,19,20,21). The highest BCUT2D eigenvalue weighted by molar-refractivity contribution is 7.86. The van der Waals surface area contributed by atoms with Gasteiger partial charge in [0.15, 0.2) is 0 Å². The zero-order valence-electron chi connectivity index (χ0n) is 13.5. The SMILES string of the molecule is Cc1ccc(O)c(C2CC3CCC2(C)C3(C)C)c1S(=O)(=O)O. The molecule has 3 atom stereocenters. The van der Waals surface area contributed by atoms with Gasteiger partial charge in [0.25, 0.3) is 10.1 Å². The molecule has 2 aliphatic carbocycles. The van der Waals surface area contributed by atoms with Gasteiger partial charge >= 0.3 is 0 Å². The van der Waals surface area contributed by atoms with Crippen LogP contribution in [0.1, 0.15) is 57.1 Å². The van der Waals surface area contributed by atoms with Crippen molar-refractivity contribution in [3.05, 3.63) is 23.3 Å². The van der Waals surface area contributed by atoms with Gasteiger partial charge in [-0.05, 0) is 60.5 Å². The molecule has 2 N–H and O–H groups in total. The van der Waals surface area contributed by atoms with Gasteiger partial charge in [0.05, 0.1) is 0 Å². The largest absolute Gasteiger partial charge is 0.508 e. The molecule has 22 heavy (non-hydrogen) atoms. The van der Waals surface area contributed by atoms with Crippen LogP contribution in [0.4, 0.5) is 0 Å². The number of fused-ring (bicyclic) bond motifs is 2. The van der Waals surface area contributed by atoms with Crippen molar-refractivity contribution in [3.63, 3.8) is 0 Å². The van der Waals surface area contributed by atoms with Crippen LogP contribution in [-0.4, -0.2) is 18.1 Å². The molecule has 2 aliphatic rings. The van der Waals surface area contributed by atoms with Crippen LogP contribution in [0.2, 0.25) is 0 Å². The van der Waals surface area contributed by atoms with Gasteiger partial charge in [0, 0.05) is 5.56 Å². The monoisotopic (exact) mass is 324 g/mol. The van der Waals surface area contributed by atoms with E-state index in [-0.39, 0.29) is 27.4 Å². The quantitative estimate of drug-likeness (QED) is 0.810. The summed E-state index contributed by atoms with van der Waals surface area (Å²) >= 11 is 0. The molecule has 0 heterocycles. The van der Waals surface area contributed by atoms with Crippen molar-refractivity contribution in [2.75, 3.05) is 0 Å². The van der Waals surface area contributed by atoms with E-state index in [1.165, 1.54) is 0 Å². The smallest absolute Gasteiger partial charge is 0.295 e. The molecular weight excluding hydrogens is 300 g/mol. The molecule has 0 spiro atoms. The maximum atomic E-state index is 11.9. The summed E-state index contributed by atoms with van der Waals surface area (Å²) in [5.74, 6) is 0.461. The number of phenols is 1. The number of phenolic OH excluding ortho intramolecular Hbond substituents is 1. The molecule has 5 heteroatoms. The predicted molar refractivity (Wildman–Crippen MR) is 84.6 cm³/mol. The van der Waals surface area contributed by atoms with E-state index >= 15 is 0 Å². The second kappa shape index (κ2) is 4.48. The van der Waals surface area contributed by atoms with Crippen LogP contribution in [0, 0.1) is 23.7 Å². The van der Waals surface area contributed by atoms with Crippen molar-refractivity contribution >= 4 is 10.1 Å². The summed E-state index contributed by atoms with van der Waals surface area (Å²) in [5.41, 5.74) is 0.937. The summed E-state index contributed by atoms with van der Waals surface area (Å²) in [6, 6.07) is 3.09. The van der Waals surface area contributed by atoms with Crippen molar-refractivity contribution in [1.29, 1.82) is 0 Å². The van der Waals surface area contributed by atoms with Gasteiger partial charge in [-0.3, -0.25) is 4.55 Å². The van der Waals surface area contributed by atoms with E-state index in [0.29, 0.717) is 17.0 Å². The molecule has 1 aromatic rings. The van der Waals surface area contributed by atoms with Crippen LogP contribution in [-0.2, 0) is 10.1 Å². The number of hydrogen-bond donors (Lipinski definition) is 2. The lowest BCUT2D eigenvalue weighted by Gasteiger charge is -2.40. The van der Waals surface area contributed by atoms with Crippen LogP contribution in [0.5, 0.6) is 5.75 Å². The van der Waals surface area contributed by atoms with Crippen molar-refractivity contribution in [3.8, 4) is 5.75 Å². The summed E-state index contributed by atoms with van der Waals surface area (Å²) in [4.78, 5) is -0.0953. The van der Waals surface area contributed by atoms with Crippen LogP contribution in [0.15, 0.2) is 17.0 Å². The maximum absolute atomic E-state index is 11.9. The topological polar surface area (TPSA) is 74.6 Å². The molecule has 4 nitrogen and oxygen atoms in total. The van der Waals surface area contributed by atoms with Gasteiger partial charge in [-0.15, -0.1) is 0 Å². The molecule has 3 rings (SSSR count). The van der Waals surface area contributed by atoms with Gasteiger partial charge in [-0.2, -0.15) is 8.42 Å². The molecule has 2 saturated carbocycles. The summed E-state index contributed by atoms with van der Waals surface area (Å²) in [6.07, 6.45) is 3.03. The Bertz CT molecular complexity index is 735. The van der Waals surface area contributed by atoms with Crippen molar-refractivity contribution in [2.45, 2.75) is 57.8 Å². The van der Waals surface area contributed by atoms with Gasteiger partial charge in [-0.25, -0.2) is 0 Å². The van der Waals surface area contributed by atoms with Crippen molar-refractivity contribution < 1.29 is 18.1 Å². The Morgan fingerprint density at radius 1 is 1.23 bits per heavy atom. The van der Waals surface area contributed by atoms with Gasteiger partial charge < -0.3 is 5.11 Å². The van der Waals surface area contributed by atoms with E-state index < -0.39 is 10.1 Å². The Labute approximate surface area is 132 Å². The summed E-state index contributed by atoms with van der Waals surface area (Å²) in [6.45, 7) is 8.34. The first-order valence-corrected chi connectivity index (χ1v) is 9.24. The lowest BCUT2D eigenvalue weighted by Crippen LogP contribution is -2.32. The second-order valence-corrected chi connectivity index (χ2v) is 9.14. The first kappa shape index (κ1) is 15.8. The fourth-order valence-electron chi connectivity index (χ4n) is 5.02. The number of benzene rings is 1. The Morgan fingerprint density at radius 2 is 1.86 bits per heavy atom. The lowest BCUT2D eigenvalue weighted by molar-refractivity contribution is 0.132. The first-order chi connectivity index (χ1) is 10.00. The minimum atomic E-state index is -4.36. The Hall–Kier alpha value is -1.07. The van der Waals surface area contributed by atoms with E-state index in [9.17, 15) is 18.1 Å². The Kier molecular flexibility index (Phi) is 3.22. The number of aromatic hydroxyl groups is 1. The first-order valence-electron chi connectivity index (χ1n) is 7.80. The van der Waals surface area contributed by atoms with Gasteiger partial charge in [0.1, 0.15) is 10.6 Å². The summed E-state index contributed by atoms with van der Waals surface area (Å²) < 4.78 is 33.5. The third-order valence-corrected chi connectivity index (χ3v) is 7.83. The minimum absolute atomic E-state index is 0.0206. The highest BCUT2D eigenvalue weighted by atomic mass is 32.2. The normalized spacial score (nSPS) is 33.3. The lowest BCUT2D eigenvalue weighted by atomic mass is 9.65. The van der Waals surface area contributed by atoms with Crippen molar-refractivity contribution in [1.82, 2.24) is 0 Å². The van der Waals surface area contributed by atoms with E-state index in [1.807, 2.05) is 0 Å². The molecule has 122 valence electrons. The molecular formula is C17H24O4S. The second-order valence-electron chi connectivity index (χ2n) is 7.78. The van der Waals surface area contributed by atoms with Gasteiger partial charge in [0.2, 0.25) is 0 Å². The average molecular weight is 324 g/mol. The highest BCUT2D eigenvalue weighted by Gasteiger charge is 2.62. The minimum Gasteiger partial charge on any atom is -0.508 e. The molecule has 0 aromatic heterocycles. The van der Waals surface area contributed by atoms with Crippen LogP contribution >= 0.6 is 0 Å². The van der Waals surface area contributed by atoms with Crippen molar-refractivity contribution in [2.24, 2.45) is 16.7 Å². The zero-order chi connectivity index (χ0) is 16.5. The van der Waals surface area contributed by atoms with Crippen LogP contribution < -0.4 is 0 Å². The van der Waals surface area contributed by atoms with E-state index in [4.69, 9.17) is 0 Å². The third kappa shape index (κ3) is 1.88. The zero-order valence-corrected chi connectivity index (χ0v) is 14.4. The fourth-order valence-corrected chi connectivity index (χ4v) is 6.02. The summed E-state index contributed by atoms with van der Waals surface area (Å²) in [5, 5.41) is 10.4. The van der Waals surface area contributed by atoms with E-state index in [1.54, 1.807) is 19.1 Å². The third-order valence-electron chi connectivity index (χ3n) is 6.77. The highest BCUT2D eigenvalue weighted by Crippen LogP contribution is 2.71. The fraction of sp³-hybridized carbons (Fsp3) is 0.647.